The molecular weight excluding hydrogens is 292 g/mol. The minimum atomic E-state index is -0.0383. The molecule has 3 nitrogen and oxygen atoms in total. The normalized spacial score (nSPS) is 22.4. The van der Waals surface area contributed by atoms with Gasteiger partial charge >= 0.3 is 0 Å². The second-order valence-electron chi connectivity index (χ2n) is 5.13. The summed E-state index contributed by atoms with van der Waals surface area (Å²) in [6.07, 6.45) is 6.71. The van der Waals surface area contributed by atoms with Crippen LogP contribution in [0.4, 0.5) is 5.69 Å². The highest BCUT2D eigenvalue weighted by molar-refractivity contribution is 7.99. The molecule has 0 aromatic heterocycles. The van der Waals surface area contributed by atoms with Crippen molar-refractivity contribution >= 4 is 35.0 Å². The Hall–Kier alpha value is -0.870. The van der Waals surface area contributed by atoms with Gasteiger partial charge in [0.2, 0.25) is 0 Å². The molecule has 1 amide bonds. The molecule has 1 aliphatic carbocycles. The minimum absolute atomic E-state index is 0.0383. The number of thioether (sulfide) groups is 1. The maximum atomic E-state index is 12.4. The number of benzene rings is 1. The smallest absolute Gasteiger partial charge is 0.253 e. The van der Waals surface area contributed by atoms with E-state index in [-0.39, 0.29) is 11.9 Å². The predicted octanol–water partition coefficient (Wildman–Crippen LogP) is 3.79. The summed E-state index contributed by atoms with van der Waals surface area (Å²) in [5, 5.41) is 7.43. The molecule has 1 fully saturated rings. The van der Waals surface area contributed by atoms with Crippen molar-refractivity contribution in [1.29, 1.82) is 0 Å². The number of nitrogens with one attached hydrogen (secondary N) is 2. The van der Waals surface area contributed by atoms with Crippen molar-refractivity contribution < 1.29 is 4.79 Å². The second-order valence-corrected chi connectivity index (χ2v) is 6.71. The first-order valence-corrected chi connectivity index (χ1v) is 8.61. The van der Waals surface area contributed by atoms with E-state index in [2.05, 4.69) is 16.9 Å². The van der Waals surface area contributed by atoms with Crippen LogP contribution in [-0.2, 0) is 0 Å². The van der Waals surface area contributed by atoms with Gasteiger partial charge in [0.1, 0.15) is 0 Å². The highest BCUT2D eigenvalue weighted by atomic mass is 35.5. The maximum Gasteiger partial charge on any atom is 0.253 e. The summed E-state index contributed by atoms with van der Waals surface area (Å²) in [5.74, 6) is -0.0383. The van der Waals surface area contributed by atoms with Crippen LogP contribution in [-0.4, -0.2) is 30.5 Å². The van der Waals surface area contributed by atoms with E-state index in [1.807, 2.05) is 24.9 Å². The number of carbonyl (C=O) groups is 1. The summed E-state index contributed by atoms with van der Waals surface area (Å²) in [6, 6.07) is 5.62. The Labute approximate surface area is 129 Å². The first-order chi connectivity index (χ1) is 9.63. The van der Waals surface area contributed by atoms with E-state index in [1.165, 1.54) is 12.8 Å². The summed E-state index contributed by atoms with van der Waals surface area (Å²) in [5.41, 5.74) is 1.43. The molecule has 1 aromatic carbocycles. The van der Waals surface area contributed by atoms with Gasteiger partial charge in [-0.05, 0) is 43.7 Å². The van der Waals surface area contributed by atoms with Gasteiger partial charge in [0.25, 0.3) is 5.91 Å². The first-order valence-electron chi connectivity index (χ1n) is 6.95. The van der Waals surface area contributed by atoms with Gasteiger partial charge in [0.15, 0.2) is 0 Å². The molecule has 1 aliphatic rings. The van der Waals surface area contributed by atoms with Gasteiger partial charge < -0.3 is 10.6 Å². The number of hydrogen-bond acceptors (Lipinski definition) is 3. The van der Waals surface area contributed by atoms with E-state index >= 15 is 0 Å². The van der Waals surface area contributed by atoms with Crippen molar-refractivity contribution in [2.45, 2.75) is 37.0 Å². The molecular formula is C15H21ClN2OS. The van der Waals surface area contributed by atoms with Gasteiger partial charge in [-0.2, -0.15) is 11.8 Å². The fraction of sp³-hybridized carbons (Fsp3) is 0.533. The Morgan fingerprint density at radius 3 is 2.90 bits per heavy atom. The van der Waals surface area contributed by atoms with Gasteiger partial charge in [0, 0.05) is 29.0 Å². The van der Waals surface area contributed by atoms with Crippen LogP contribution in [0.3, 0.4) is 0 Å². The van der Waals surface area contributed by atoms with Gasteiger partial charge in [-0.3, -0.25) is 4.79 Å². The molecule has 0 spiro atoms. The van der Waals surface area contributed by atoms with Gasteiger partial charge in [-0.25, -0.2) is 0 Å². The maximum absolute atomic E-state index is 12.4. The van der Waals surface area contributed by atoms with Gasteiger partial charge in [0.05, 0.1) is 5.56 Å². The monoisotopic (exact) mass is 312 g/mol. The summed E-state index contributed by atoms with van der Waals surface area (Å²) in [7, 11) is 1.81. The van der Waals surface area contributed by atoms with Crippen molar-refractivity contribution in [3.8, 4) is 0 Å². The third-order valence-corrected chi connectivity index (χ3v) is 5.12. The van der Waals surface area contributed by atoms with Crippen LogP contribution >= 0.6 is 23.4 Å². The standard InChI is InChI=1S/C15H21ClN2OS/c1-17-14-7-6-10(16)8-13(14)15(19)18-11-4-3-5-12(9-11)20-2/h6-8,11-12,17H,3-5,9H2,1-2H3,(H,18,19). The number of amides is 1. The molecule has 2 rings (SSSR count). The van der Waals surface area contributed by atoms with Gasteiger partial charge in [-0.15, -0.1) is 0 Å². The SMILES string of the molecule is CNc1ccc(Cl)cc1C(=O)NC1CCCC(SC)C1. The molecule has 0 aliphatic heterocycles. The number of carbonyl (C=O) groups excluding carboxylic acids is 1. The van der Waals surface area contributed by atoms with Crippen LogP contribution in [0, 0.1) is 0 Å². The van der Waals surface area contributed by atoms with E-state index in [1.54, 1.807) is 12.1 Å². The molecule has 0 bridgehead atoms. The van der Waals surface area contributed by atoms with E-state index < -0.39 is 0 Å². The van der Waals surface area contributed by atoms with Crippen molar-refractivity contribution in [2.75, 3.05) is 18.6 Å². The largest absolute Gasteiger partial charge is 0.387 e. The third kappa shape index (κ3) is 3.83. The number of halogens is 1. The van der Waals surface area contributed by atoms with Crippen LogP contribution in [0.15, 0.2) is 18.2 Å². The lowest BCUT2D eigenvalue weighted by molar-refractivity contribution is 0.0929. The molecule has 0 heterocycles. The molecule has 2 N–H and O–H groups in total. The minimum Gasteiger partial charge on any atom is -0.387 e. The lowest BCUT2D eigenvalue weighted by atomic mass is 9.94. The first kappa shape index (κ1) is 15.5. The number of rotatable bonds is 4. The fourth-order valence-corrected chi connectivity index (χ4v) is 3.67. The highest BCUT2D eigenvalue weighted by Gasteiger charge is 2.23. The number of anilines is 1. The Bertz CT molecular complexity index is 481. The lowest BCUT2D eigenvalue weighted by Crippen LogP contribution is -2.39. The molecule has 0 saturated heterocycles. The van der Waals surface area contributed by atoms with E-state index in [9.17, 15) is 4.79 Å². The van der Waals surface area contributed by atoms with Crippen molar-refractivity contribution in [3.63, 3.8) is 0 Å². The van der Waals surface area contributed by atoms with Crippen LogP contribution in [0.1, 0.15) is 36.0 Å². The molecule has 2 atom stereocenters. The van der Waals surface area contributed by atoms with Crippen molar-refractivity contribution in [3.05, 3.63) is 28.8 Å². The zero-order valence-corrected chi connectivity index (χ0v) is 13.5. The summed E-state index contributed by atoms with van der Waals surface area (Å²) in [6.45, 7) is 0. The molecule has 1 aromatic rings. The van der Waals surface area contributed by atoms with Crippen LogP contribution in [0.2, 0.25) is 5.02 Å². The molecule has 110 valence electrons. The van der Waals surface area contributed by atoms with Crippen LogP contribution < -0.4 is 10.6 Å². The summed E-state index contributed by atoms with van der Waals surface area (Å²) in [4.78, 5) is 12.4. The van der Waals surface area contributed by atoms with Crippen molar-refractivity contribution in [2.24, 2.45) is 0 Å². The highest BCUT2D eigenvalue weighted by Crippen LogP contribution is 2.27. The molecule has 1 saturated carbocycles. The lowest BCUT2D eigenvalue weighted by Gasteiger charge is -2.28. The average Bonchev–Trinajstić information content (AvgIpc) is 2.47. The molecule has 0 radical (unpaired) electrons. The molecule has 20 heavy (non-hydrogen) atoms. The Balaban J connectivity index is 2.06. The summed E-state index contributed by atoms with van der Waals surface area (Å²) < 4.78 is 0. The van der Waals surface area contributed by atoms with Crippen LogP contribution in [0.25, 0.3) is 0 Å². The fourth-order valence-electron chi connectivity index (χ4n) is 2.68. The van der Waals surface area contributed by atoms with Gasteiger partial charge in [-0.1, -0.05) is 18.0 Å². The number of hydrogen-bond donors (Lipinski definition) is 2. The molecule has 2 unspecified atom stereocenters. The zero-order valence-electron chi connectivity index (χ0n) is 11.9. The average molecular weight is 313 g/mol. The zero-order chi connectivity index (χ0) is 14.5. The summed E-state index contributed by atoms with van der Waals surface area (Å²) >= 11 is 7.89. The third-order valence-electron chi connectivity index (χ3n) is 3.79. The van der Waals surface area contributed by atoms with E-state index in [4.69, 9.17) is 11.6 Å². The Morgan fingerprint density at radius 2 is 2.20 bits per heavy atom. The van der Waals surface area contributed by atoms with Crippen molar-refractivity contribution in [1.82, 2.24) is 5.32 Å². The topological polar surface area (TPSA) is 41.1 Å². The Morgan fingerprint density at radius 1 is 1.40 bits per heavy atom. The predicted molar refractivity (Wildman–Crippen MR) is 88.0 cm³/mol. The second kappa shape index (κ2) is 7.23. The van der Waals surface area contributed by atoms with Crippen LogP contribution in [0.5, 0.6) is 0 Å². The Kier molecular flexibility index (Phi) is 5.61. The van der Waals surface area contributed by atoms with E-state index in [0.29, 0.717) is 15.8 Å². The quantitative estimate of drug-likeness (QED) is 0.889. The molecule has 5 heteroatoms. The van der Waals surface area contributed by atoms with E-state index in [0.717, 1.165) is 18.5 Å².